The third kappa shape index (κ3) is 6.77. The number of pyridine rings is 1. The number of aliphatic hydroxyl groups is 1. The fraction of sp³-hybridized carbons (Fsp3) is 0.400. The van der Waals surface area contributed by atoms with Crippen LogP contribution >= 0.6 is 0 Å². The van der Waals surface area contributed by atoms with Gasteiger partial charge in [0.15, 0.2) is 15.7 Å². The van der Waals surface area contributed by atoms with Crippen molar-refractivity contribution in [2.24, 2.45) is 0 Å². The maximum absolute atomic E-state index is 13.2. The number of nitrogens with one attached hydrogen (secondary N) is 2. The SMILES string of the molecule is CC1(O)CCC(Nc2cc(Nc3ccnc(-c4cnn(CS(C)(=O)=O)c4)n3)ncc2-c2ccn(C(F)F)n2)CC1. The molecule has 12 nitrogen and oxygen atoms in total. The van der Waals surface area contributed by atoms with E-state index in [0.717, 1.165) is 19.1 Å². The van der Waals surface area contributed by atoms with Crippen LogP contribution in [-0.4, -0.2) is 65.9 Å². The molecule has 0 unspecified atom stereocenters. The van der Waals surface area contributed by atoms with Gasteiger partial charge in [0.1, 0.15) is 17.5 Å². The Labute approximate surface area is 229 Å². The summed E-state index contributed by atoms with van der Waals surface area (Å²) >= 11 is 0. The first-order chi connectivity index (χ1) is 18.9. The Kier molecular flexibility index (Phi) is 7.51. The van der Waals surface area contributed by atoms with E-state index in [9.17, 15) is 22.3 Å². The van der Waals surface area contributed by atoms with E-state index >= 15 is 0 Å². The van der Waals surface area contributed by atoms with Crippen LogP contribution in [-0.2, 0) is 15.7 Å². The van der Waals surface area contributed by atoms with Crippen LogP contribution in [0.4, 0.5) is 26.1 Å². The van der Waals surface area contributed by atoms with Crippen molar-refractivity contribution in [3.05, 3.63) is 49.2 Å². The van der Waals surface area contributed by atoms with E-state index in [2.05, 4.69) is 35.8 Å². The van der Waals surface area contributed by atoms with Gasteiger partial charge in [-0.05, 0) is 44.7 Å². The Bertz CT molecular complexity index is 1590. The summed E-state index contributed by atoms with van der Waals surface area (Å²) in [5.74, 6) is 0.958. The van der Waals surface area contributed by atoms with Gasteiger partial charge in [-0.2, -0.15) is 19.0 Å². The molecule has 40 heavy (non-hydrogen) atoms. The molecule has 0 aromatic carbocycles. The molecule has 1 aliphatic rings. The molecule has 1 saturated carbocycles. The number of sulfone groups is 1. The zero-order valence-corrected chi connectivity index (χ0v) is 22.7. The Morgan fingerprint density at radius 2 is 1.95 bits per heavy atom. The van der Waals surface area contributed by atoms with Crippen molar-refractivity contribution in [2.75, 3.05) is 16.9 Å². The van der Waals surface area contributed by atoms with Crippen LogP contribution in [0.2, 0.25) is 0 Å². The minimum atomic E-state index is -3.26. The topological polar surface area (TPSA) is 153 Å². The smallest absolute Gasteiger partial charge is 0.333 e. The summed E-state index contributed by atoms with van der Waals surface area (Å²) in [4.78, 5) is 13.2. The van der Waals surface area contributed by atoms with E-state index in [1.165, 1.54) is 23.1 Å². The molecule has 4 heterocycles. The zero-order valence-electron chi connectivity index (χ0n) is 21.9. The lowest BCUT2D eigenvalue weighted by Crippen LogP contribution is -2.35. The number of hydrogen-bond acceptors (Lipinski definition) is 10. The minimum absolute atomic E-state index is 0.0699. The van der Waals surface area contributed by atoms with Crippen molar-refractivity contribution < 1.29 is 22.3 Å². The van der Waals surface area contributed by atoms with Gasteiger partial charge in [0.05, 0.1) is 23.1 Å². The average molecular weight is 574 g/mol. The molecular formula is C25H29F2N9O3S. The standard InChI is InChI=1S/C25H29F2N9O3S/c1-25(37)7-3-17(4-8-25)31-20-11-22(29-13-18(20)19-6-10-36(34-19)24(26)27)32-21-5-9-28-23(33-21)16-12-30-35(14-16)15-40(2,38)39/h5-6,9-14,17,24,37H,3-4,7-8,15H2,1-2H3,(H2,28,29,31,32,33). The second-order valence-electron chi connectivity index (χ2n) is 10.2. The van der Waals surface area contributed by atoms with E-state index in [0.29, 0.717) is 57.5 Å². The van der Waals surface area contributed by atoms with Gasteiger partial charge in [-0.3, -0.25) is 4.68 Å². The normalized spacial score (nSPS) is 19.6. The monoisotopic (exact) mass is 573 g/mol. The van der Waals surface area contributed by atoms with Crippen LogP contribution < -0.4 is 10.6 Å². The number of hydrogen-bond donors (Lipinski definition) is 3. The minimum Gasteiger partial charge on any atom is -0.390 e. The highest BCUT2D eigenvalue weighted by Gasteiger charge is 2.29. The predicted molar refractivity (Wildman–Crippen MR) is 145 cm³/mol. The molecule has 15 heteroatoms. The van der Waals surface area contributed by atoms with Gasteiger partial charge >= 0.3 is 6.55 Å². The summed E-state index contributed by atoms with van der Waals surface area (Å²) in [7, 11) is -3.26. The first-order valence-electron chi connectivity index (χ1n) is 12.6. The summed E-state index contributed by atoms with van der Waals surface area (Å²) in [5, 5.41) is 25.0. The molecule has 212 valence electrons. The summed E-state index contributed by atoms with van der Waals surface area (Å²) in [6.45, 7) is -0.933. The van der Waals surface area contributed by atoms with Crippen molar-refractivity contribution >= 4 is 27.2 Å². The van der Waals surface area contributed by atoms with Crippen molar-refractivity contribution in [3.8, 4) is 22.6 Å². The second-order valence-corrected chi connectivity index (χ2v) is 12.3. The van der Waals surface area contributed by atoms with Gasteiger partial charge in [-0.1, -0.05) is 0 Å². The van der Waals surface area contributed by atoms with E-state index in [4.69, 9.17) is 0 Å². The van der Waals surface area contributed by atoms with Gasteiger partial charge in [-0.25, -0.2) is 28.1 Å². The highest BCUT2D eigenvalue weighted by molar-refractivity contribution is 7.89. The van der Waals surface area contributed by atoms with Crippen LogP contribution in [0.15, 0.2) is 49.2 Å². The Hall–Kier alpha value is -3.98. The maximum atomic E-state index is 13.2. The Morgan fingerprint density at radius 3 is 2.65 bits per heavy atom. The van der Waals surface area contributed by atoms with Gasteiger partial charge in [-0.15, -0.1) is 0 Å². The van der Waals surface area contributed by atoms with Crippen molar-refractivity contribution in [2.45, 2.75) is 56.7 Å². The quantitative estimate of drug-likeness (QED) is 0.269. The number of nitrogens with zero attached hydrogens (tertiary/aromatic N) is 7. The summed E-state index contributed by atoms with van der Waals surface area (Å²) in [6, 6.07) is 4.99. The molecule has 0 amide bonds. The lowest BCUT2D eigenvalue weighted by molar-refractivity contribution is 0.0196. The second kappa shape index (κ2) is 10.9. The summed E-state index contributed by atoms with van der Waals surface area (Å²) < 4.78 is 51.4. The average Bonchev–Trinajstić information content (AvgIpc) is 3.55. The number of anilines is 3. The van der Waals surface area contributed by atoms with Gasteiger partial charge < -0.3 is 15.7 Å². The van der Waals surface area contributed by atoms with Gasteiger partial charge in [0, 0.05) is 54.4 Å². The van der Waals surface area contributed by atoms with Crippen LogP contribution in [0.25, 0.3) is 22.6 Å². The molecule has 1 aliphatic carbocycles. The molecule has 0 bridgehead atoms. The number of alkyl halides is 2. The highest BCUT2D eigenvalue weighted by Crippen LogP contribution is 2.34. The first kappa shape index (κ1) is 27.6. The molecule has 4 aromatic heterocycles. The third-order valence-electron chi connectivity index (χ3n) is 6.58. The molecule has 0 radical (unpaired) electrons. The van der Waals surface area contributed by atoms with Crippen LogP contribution in [0.3, 0.4) is 0 Å². The lowest BCUT2D eigenvalue weighted by atomic mass is 9.83. The Morgan fingerprint density at radius 1 is 1.18 bits per heavy atom. The van der Waals surface area contributed by atoms with Crippen molar-refractivity contribution in [1.82, 2.24) is 34.5 Å². The molecule has 0 spiro atoms. The van der Waals surface area contributed by atoms with E-state index in [-0.39, 0.29) is 11.9 Å². The number of halogens is 2. The zero-order chi connectivity index (χ0) is 28.5. The van der Waals surface area contributed by atoms with Crippen LogP contribution in [0, 0.1) is 0 Å². The van der Waals surface area contributed by atoms with E-state index in [1.807, 2.05) is 6.92 Å². The summed E-state index contributed by atoms with van der Waals surface area (Å²) in [6.07, 6.45) is 11.2. The highest BCUT2D eigenvalue weighted by atomic mass is 32.2. The third-order valence-corrected chi connectivity index (χ3v) is 7.31. The van der Waals surface area contributed by atoms with E-state index < -0.39 is 22.0 Å². The Balaban J connectivity index is 1.40. The maximum Gasteiger partial charge on any atom is 0.333 e. The molecule has 1 fully saturated rings. The van der Waals surface area contributed by atoms with Gasteiger partial charge in [0.2, 0.25) is 0 Å². The fourth-order valence-electron chi connectivity index (χ4n) is 4.53. The molecule has 0 aliphatic heterocycles. The molecule has 3 N–H and O–H groups in total. The molecular weight excluding hydrogens is 544 g/mol. The predicted octanol–water partition coefficient (Wildman–Crippen LogP) is 3.84. The fourth-order valence-corrected chi connectivity index (χ4v) is 5.15. The van der Waals surface area contributed by atoms with Crippen molar-refractivity contribution in [1.29, 1.82) is 0 Å². The molecule has 4 aromatic rings. The number of aromatic nitrogens is 7. The number of rotatable bonds is 9. The largest absolute Gasteiger partial charge is 0.390 e. The van der Waals surface area contributed by atoms with Crippen LogP contribution in [0.5, 0.6) is 0 Å². The van der Waals surface area contributed by atoms with Gasteiger partial charge in [0.25, 0.3) is 0 Å². The summed E-state index contributed by atoms with van der Waals surface area (Å²) in [5.41, 5.74) is 1.40. The van der Waals surface area contributed by atoms with E-state index in [1.54, 1.807) is 30.7 Å². The van der Waals surface area contributed by atoms with Crippen LogP contribution in [0.1, 0.15) is 39.2 Å². The lowest BCUT2D eigenvalue weighted by Gasteiger charge is -2.34. The first-order valence-corrected chi connectivity index (χ1v) is 14.6. The molecule has 5 rings (SSSR count). The molecule has 0 saturated heterocycles. The van der Waals surface area contributed by atoms with Crippen molar-refractivity contribution in [3.63, 3.8) is 0 Å². The molecule has 0 atom stereocenters.